The summed E-state index contributed by atoms with van der Waals surface area (Å²) in [4.78, 5) is 11.3. The number of Topliss-reactive ketones (excluding diaryl/α,β-unsaturated/α-hetero) is 1. The third-order valence-corrected chi connectivity index (χ3v) is 3.24. The van der Waals surface area contributed by atoms with E-state index in [2.05, 4.69) is 34.6 Å². The standard InChI is InChI=1S/C12H11BrO/c1-8-11(6-7-12(8)14)9-2-4-10(13)5-3-9/h2-5,11H,1,6-7H2. The van der Waals surface area contributed by atoms with E-state index >= 15 is 0 Å². The van der Waals surface area contributed by atoms with Crippen molar-refractivity contribution in [3.05, 3.63) is 46.5 Å². The summed E-state index contributed by atoms with van der Waals surface area (Å²) >= 11 is 3.39. The number of allylic oxidation sites excluding steroid dienone is 1. The number of hydrogen-bond acceptors (Lipinski definition) is 1. The summed E-state index contributed by atoms with van der Waals surface area (Å²) in [7, 11) is 0. The van der Waals surface area contributed by atoms with Gasteiger partial charge in [-0.15, -0.1) is 0 Å². The van der Waals surface area contributed by atoms with Gasteiger partial charge in [0.05, 0.1) is 0 Å². The highest BCUT2D eigenvalue weighted by Gasteiger charge is 2.27. The predicted molar refractivity (Wildman–Crippen MR) is 60.3 cm³/mol. The second kappa shape index (κ2) is 3.70. The zero-order chi connectivity index (χ0) is 10.1. The van der Waals surface area contributed by atoms with Crippen molar-refractivity contribution >= 4 is 21.7 Å². The molecule has 1 saturated carbocycles. The van der Waals surface area contributed by atoms with Gasteiger partial charge >= 0.3 is 0 Å². The lowest BCUT2D eigenvalue weighted by molar-refractivity contribution is -0.114. The third kappa shape index (κ3) is 1.67. The molecule has 1 unspecified atom stereocenters. The minimum absolute atomic E-state index is 0.220. The zero-order valence-electron chi connectivity index (χ0n) is 7.79. The van der Waals surface area contributed by atoms with Crippen LogP contribution in [0.25, 0.3) is 0 Å². The van der Waals surface area contributed by atoms with E-state index in [9.17, 15) is 4.79 Å². The Labute approximate surface area is 92.0 Å². The van der Waals surface area contributed by atoms with E-state index in [0.717, 1.165) is 16.5 Å². The van der Waals surface area contributed by atoms with Gasteiger partial charge in [0.2, 0.25) is 0 Å². The number of ketones is 1. The van der Waals surface area contributed by atoms with Crippen LogP contribution in [-0.2, 0) is 4.79 Å². The van der Waals surface area contributed by atoms with Crippen molar-refractivity contribution in [1.82, 2.24) is 0 Å². The first-order valence-corrected chi connectivity index (χ1v) is 5.45. The monoisotopic (exact) mass is 250 g/mol. The van der Waals surface area contributed by atoms with Gasteiger partial charge in [-0.2, -0.15) is 0 Å². The molecule has 0 spiro atoms. The number of benzene rings is 1. The molecule has 0 heterocycles. The normalized spacial score (nSPS) is 21.6. The molecule has 1 fully saturated rings. The second-order valence-electron chi connectivity index (χ2n) is 3.59. The van der Waals surface area contributed by atoms with E-state index in [1.165, 1.54) is 5.56 Å². The summed E-state index contributed by atoms with van der Waals surface area (Å²) in [5, 5.41) is 0. The van der Waals surface area contributed by atoms with E-state index < -0.39 is 0 Å². The Kier molecular flexibility index (Phi) is 2.55. The van der Waals surface area contributed by atoms with Gasteiger partial charge < -0.3 is 0 Å². The summed E-state index contributed by atoms with van der Waals surface area (Å²) in [6.45, 7) is 3.85. The molecule has 2 rings (SSSR count). The summed E-state index contributed by atoms with van der Waals surface area (Å²) < 4.78 is 1.07. The fourth-order valence-corrected chi connectivity index (χ4v) is 2.13. The molecule has 14 heavy (non-hydrogen) atoms. The largest absolute Gasteiger partial charge is 0.295 e. The summed E-state index contributed by atoms with van der Waals surface area (Å²) in [6, 6.07) is 8.12. The average molecular weight is 251 g/mol. The number of rotatable bonds is 1. The maximum absolute atomic E-state index is 11.3. The lowest BCUT2D eigenvalue weighted by Gasteiger charge is -2.09. The molecule has 1 aliphatic rings. The van der Waals surface area contributed by atoms with E-state index in [0.29, 0.717) is 6.42 Å². The van der Waals surface area contributed by atoms with Crippen molar-refractivity contribution < 1.29 is 4.79 Å². The van der Waals surface area contributed by atoms with E-state index in [1.54, 1.807) is 0 Å². The Balaban J connectivity index is 2.28. The minimum Gasteiger partial charge on any atom is -0.295 e. The number of carbonyl (C=O) groups is 1. The fourth-order valence-electron chi connectivity index (χ4n) is 1.87. The van der Waals surface area contributed by atoms with Crippen molar-refractivity contribution in [1.29, 1.82) is 0 Å². The summed E-state index contributed by atoms with van der Waals surface area (Å²) in [5.74, 6) is 0.466. The van der Waals surface area contributed by atoms with Gasteiger partial charge in [-0.05, 0) is 29.7 Å². The molecule has 2 heteroatoms. The molecule has 0 bridgehead atoms. The Morgan fingerprint density at radius 2 is 1.93 bits per heavy atom. The molecule has 1 nitrogen and oxygen atoms in total. The van der Waals surface area contributed by atoms with Crippen LogP contribution >= 0.6 is 15.9 Å². The van der Waals surface area contributed by atoms with Crippen molar-refractivity contribution in [3.8, 4) is 0 Å². The number of halogens is 1. The molecule has 1 aromatic rings. The van der Waals surface area contributed by atoms with Gasteiger partial charge in [-0.3, -0.25) is 4.79 Å². The molecule has 0 aromatic heterocycles. The summed E-state index contributed by atoms with van der Waals surface area (Å²) in [5.41, 5.74) is 1.97. The highest BCUT2D eigenvalue weighted by Crippen LogP contribution is 2.35. The van der Waals surface area contributed by atoms with Crippen LogP contribution in [0.15, 0.2) is 40.9 Å². The average Bonchev–Trinajstić information content (AvgIpc) is 2.50. The van der Waals surface area contributed by atoms with Crippen molar-refractivity contribution in [2.24, 2.45) is 0 Å². The van der Waals surface area contributed by atoms with Crippen LogP contribution in [0.1, 0.15) is 24.3 Å². The summed E-state index contributed by atoms with van der Waals surface area (Å²) in [6.07, 6.45) is 1.57. The lowest BCUT2D eigenvalue weighted by Crippen LogP contribution is -1.98. The van der Waals surface area contributed by atoms with Crippen LogP contribution < -0.4 is 0 Å². The Morgan fingerprint density at radius 3 is 2.43 bits per heavy atom. The second-order valence-corrected chi connectivity index (χ2v) is 4.51. The van der Waals surface area contributed by atoms with Gasteiger partial charge in [0.15, 0.2) is 5.78 Å². The van der Waals surface area contributed by atoms with E-state index in [-0.39, 0.29) is 11.7 Å². The smallest absolute Gasteiger partial charge is 0.158 e. The highest BCUT2D eigenvalue weighted by molar-refractivity contribution is 9.10. The zero-order valence-corrected chi connectivity index (χ0v) is 9.38. The van der Waals surface area contributed by atoms with Gasteiger partial charge in [-0.25, -0.2) is 0 Å². The molecule has 72 valence electrons. The van der Waals surface area contributed by atoms with Crippen molar-refractivity contribution in [3.63, 3.8) is 0 Å². The Morgan fingerprint density at radius 1 is 1.29 bits per heavy atom. The van der Waals surface area contributed by atoms with Gasteiger partial charge in [0.1, 0.15) is 0 Å². The maximum Gasteiger partial charge on any atom is 0.158 e. The fraction of sp³-hybridized carbons (Fsp3) is 0.250. The van der Waals surface area contributed by atoms with Crippen LogP contribution in [0.5, 0.6) is 0 Å². The van der Waals surface area contributed by atoms with E-state index in [1.807, 2.05) is 12.1 Å². The molecule has 1 aromatic carbocycles. The van der Waals surface area contributed by atoms with Crippen molar-refractivity contribution in [2.75, 3.05) is 0 Å². The third-order valence-electron chi connectivity index (χ3n) is 2.71. The Hall–Kier alpha value is -0.890. The van der Waals surface area contributed by atoms with Crippen LogP contribution in [0.2, 0.25) is 0 Å². The maximum atomic E-state index is 11.3. The first-order valence-electron chi connectivity index (χ1n) is 4.66. The molecule has 0 aliphatic heterocycles. The predicted octanol–water partition coefficient (Wildman–Crippen LogP) is 3.45. The van der Waals surface area contributed by atoms with Gasteiger partial charge in [0.25, 0.3) is 0 Å². The van der Waals surface area contributed by atoms with Gasteiger partial charge in [0, 0.05) is 16.8 Å². The van der Waals surface area contributed by atoms with Crippen molar-refractivity contribution in [2.45, 2.75) is 18.8 Å². The van der Waals surface area contributed by atoms with Crippen LogP contribution in [0, 0.1) is 0 Å². The highest BCUT2D eigenvalue weighted by atomic mass is 79.9. The topological polar surface area (TPSA) is 17.1 Å². The molecular formula is C12H11BrO. The first-order chi connectivity index (χ1) is 6.68. The molecular weight excluding hydrogens is 240 g/mol. The number of hydrogen-bond donors (Lipinski definition) is 0. The molecule has 0 N–H and O–H groups in total. The molecule has 0 radical (unpaired) electrons. The lowest BCUT2D eigenvalue weighted by atomic mass is 9.95. The van der Waals surface area contributed by atoms with E-state index in [4.69, 9.17) is 0 Å². The molecule has 1 aliphatic carbocycles. The molecule has 0 saturated heterocycles. The number of carbonyl (C=O) groups excluding carboxylic acids is 1. The van der Waals surface area contributed by atoms with Gasteiger partial charge in [-0.1, -0.05) is 34.6 Å². The van der Waals surface area contributed by atoms with Crippen LogP contribution in [0.3, 0.4) is 0 Å². The first kappa shape index (κ1) is 9.66. The molecule has 0 amide bonds. The minimum atomic E-state index is 0.220. The van der Waals surface area contributed by atoms with Crippen LogP contribution in [-0.4, -0.2) is 5.78 Å². The SMILES string of the molecule is C=C1C(=O)CCC1c1ccc(Br)cc1. The quantitative estimate of drug-likeness (QED) is 0.698. The Bertz CT molecular complexity index is 378. The van der Waals surface area contributed by atoms with Crippen LogP contribution in [0.4, 0.5) is 0 Å². The molecule has 1 atom stereocenters.